The van der Waals surface area contributed by atoms with E-state index >= 15 is 0 Å². The minimum atomic E-state index is -4.82. The van der Waals surface area contributed by atoms with Crippen LogP contribution < -0.4 is 14.5 Å². The number of halogens is 6. The van der Waals surface area contributed by atoms with Crippen LogP contribution in [-0.4, -0.2) is 36.8 Å². The molecule has 1 aliphatic rings. The fraction of sp³-hybridized carbons (Fsp3) is 0.280. The Hall–Kier alpha value is -3.40. The van der Waals surface area contributed by atoms with Gasteiger partial charge in [-0.1, -0.05) is 54.6 Å². The molecule has 3 aromatic carbocycles. The minimum Gasteiger partial charge on any atom is -0.406 e. The van der Waals surface area contributed by atoms with Gasteiger partial charge < -0.3 is 19.6 Å². The molecule has 2 atom stereocenters. The van der Waals surface area contributed by atoms with Crippen LogP contribution in [0, 0.1) is 0 Å². The maximum atomic E-state index is 13.3. The Labute approximate surface area is 198 Å². The number of hydrogen-bond donors (Lipinski definition) is 1. The Bertz CT molecular complexity index is 1140. The van der Waals surface area contributed by atoms with Crippen molar-refractivity contribution >= 4 is 11.4 Å². The van der Waals surface area contributed by atoms with E-state index in [1.54, 1.807) is 60.7 Å². The van der Waals surface area contributed by atoms with Crippen LogP contribution in [0.4, 0.5) is 37.7 Å². The number of rotatable bonds is 6. The molecule has 4 nitrogen and oxygen atoms in total. The fourth-order valence-corrected chi connectivity index (χ4v) is 4.24. The predicted molar refractivity (Wildman–Crippen MR) is 119 cm³/mol. The van der Waals surface area contributed by atoms with Gasteiger partial charge in [-0.25, -0.2) is 0 Å². The van der Waals surface area contributed by atoms with E-state index in [1.807, 2.05) is 4.90 Å². The van der Waals surface area contributed by atoms with Gasteiger partial charge in [-0.2, -0.15) is 13.2 Å². The number of aliphatic hydroxyl groups is 1. The number of fused-ring (bicyclic) bond motifs is 1. The molecule has 0 saturated carbocycles. The number of benzene rings is 3. The molecule has 1 aliphatic heterocycles. The first-order valence-corrected chi connectivity index (χ1v) is 10.8. The zero-order chi connectivity index (χ0) is 25.2. The van der Waals surface area contributed by atoms with Gasteiger partial charge in [-0.3, -0.25) is 0 Å². The lowest BCUT2D eigenvalue weighted by Gasteiger charge is -2.45. The monoisotopic (exact) mass is 496 g/mol. The molecular weight excluding hydrogens is 474 g/mol. The van der Waals surface area contributed by atoms with Crippen LogP contribution in [0.1, 0.15) is 17.2 Å². The molecule has 35 heavy (non-hydrogen) atoms. The zero-order valence-electron chi connectivity index (χ0n) is 18.3. The Morgan fingerprint density at radius 2 is 1.51 bits per heavy atom. The molecule has 0 radical (unpaired) electrons. The summed E-state index contributed by atoms with van der Waals surface area (Å²) < 4.78 is 81.8. The van der Waals surface area contributed by atoms with Crippen LogP contribution in [-0.2, 0) is 6.54 Å². The molecule has 1 heterocycles. The van der Waals surface area contributed by atoms with E-state index in [9.17, 15) is 31.4 Å². The van der Waals surface area contributed by atoms with Gasteiger partial charge in [0.05, 0.1) is 24.0 Å². The Kier molecular flexibility index (Phi) is 6.84. The van der Waals surface area contributed by atoms with Gasteiger partial charge in [0, 0.05) is 13.1 Å². The number of anilines is 2. The Morgan fingerprint density at radius 3 is 2.17 bits per heavy atom. The first kappa shape index (κ1) is 24.7. The molecule has 0 amide bonds. The van der Waals surface area contributed by atoms with Gasteiger partial charge in [0.1, 0.15) is 5.75 Å². The normalized spacial score (nSPS) is 17.2. The molecule has 4 rings (SSSR count). The van der Waals surface area contributed by atoms with Crippen LogP contribution in [0.5, 0.6) is 5.75 Å². The number of ether oxygens (including phenoxy) is 1. The number of alkyl halides is 6. The summed E-state index contributed by atoms with van der Waals surface area (Å²) in [7, 11) is 0. The fourth-order valence-electron chi connectivity index (χ4n) is 4.24. The second kappa shape index (κ2) is 9.69. The minimum absolute atomic E-state index is 0.199. The SMILES string of the molecule is O[C@@H](CN1c2ccccc2N(Cc2cccc(OC(F)(F)F)c2)C[C@H]1c1ccccc1)C(F)(F)F. The van der Waals surface area contributed by atoms with Crippen molar-refractivity contribution in [1.82, 2.24) is 0 Å². The second-order valence-electron chi connectivity index (χ2n) is 8.20. The first-order valence-electron chi connectivity index (χ1n) is 10.8. The lowest BCUT2D eigenvalue weighted by molar-refractivity contribution is -0.274. The quantitative estimate of drug-likeness (QED) is 0.420. The molecular formula is C25H22F6N2O2. The summed E-state index contributed by atoms with van der Waals surface area (Å²) in [6, 6.07) is 20.8. The lowest BCUT2D eigenvalue weighted by atomic mass is 9.98. The van der Waals surface area contributed by atoms with Crippen LogP contribution in [0.3, 0.4) is 0 Å². The zero-order valence-corrected chi connectivity index (χ0v) is 18.3. The van der Waals surface area contributed by atoms with Crippen molar-refractivity contribution in [3.8, 4) is 5.75 Å². The third-order valence-corrected chi connectivity index (χ3v) is 5.74. The van der Waals surface area contributed by atoms with Crippen molar-refractivity contribution < 1.29 is 36.2 Å². The van der Waals surface area contributed by atoms with E-state index in [1.165, 1.54) is 23.1 Å². The third-order valence-electron chi connectivity index (χ3n) is 5.74. The number of β-amino-alcohol motifs (C(OH)–C–C–N with tert-alkyl or cyclic N) is 1. The van der Waals surface area contributed by atoms with Crippen molar-refractivity contribution in [3.05, 3.63) is 90.0 Å². The summed E-state index contributed by atoms with van der Waals surface area (Å²) in [5.74, 6) is -0.352. The third kappa shape index (κ3) is 6.00. The Morgan fingerprint density at radius 1 is 0.857 bits per heavy atom. The topological polar surface area (TPSA) is 35.9 Å². The van der Waals surface area contributed by atoms with E-state index in [2.05, 4.69) is 4.74 Å². The summed E-state index contributed by atoms with van der Waals surface area (Å²) in [6.07, 6.45) is -12.2. The van der Waals surface area contributed by atoms with Crippen LogP contribution in [0.15, 0.2) is 78.9 Å². The predicted octanol–water partition coefficient (Wildman–Crippen LogP) is 6.08. The smallest absolute Gasteiger partial charge is 0.406 e. The van der Waals surface area contributed by atoms with Gasteiger partial charge in [-0.15, -0.1) is 13.2 Å². The molecule has 0 saturated heterocycles. The van der Waals surface area contributed by atoms with Crippen molar-refractivity contribution in [2.75, 3.05) is 22.9 Å². The summed E-state index contributed by atoms with van der Waals surface area (Å²) >= 11 is 0. The van der Waals surface area contributed by atoms with Gasteiger partial charge in [-0.05, 0) is 35.4 Å². The maximum absolute atomic E-state index is 13.3. The number of para-hydroxylation sites is 2. The Balaban J connectivity index is 1.70. The molecule has 0 aromatic heterocycles. The average molecular weight is 496 g/mol. The highest BCUT2D eigenvalue weighted by molar-refractivity contribution is 5.74. The molecule has 10 heteroatoms. The number of hydrogen-bond acceptors (Lipinski definition) is 4. The molecule has 186 valence electrons. The van der Waals surface area contributed by atoms with E-state index in [-0.39, 0.29) is 18.8 Å². The molecule has 0 spiro atoms. The van der Waals surface area contributed by atoms with Crippen molar-refractivity contribution in [3.63, 3.8) is 0 Å². The summed E-state index contributed by atoms with van der Waals surface area (Å²) in [6.45, 7) is -0.218. The second-order valence-corrected chi connectivity index (χ2v) is 8.20. The van der Waals surface area contributed by atoms with E-state index in [0.717, 1.165) is 5.56 Å². The summed E-state index contributed by atoms with van der Waals surface area (Å²) in [5.41, 5.74) is 2.38. The first-order chi connectivity index (χ1) is 16.5. The highest BCUT2D eigenvalue weighted by Crippen LogP contribution is 2.42. The van der Waals surface area contributed by atoms with Crippen molar-refractivity contribution in [2.45, 2.75) is 31.2 Å². The van der Waals surface area contributed by atoms with Gasteiger partial charge >= 0.3 is 12.5 Å². The largest absolute Gasteiger partial charge is 0.573 e. The highest BCUT2D eigenvalue weighted by atomic mass is 19.4. The number of aliphatic hydroxyl groups excluding tert-OH is 1. The highest BCUT2D eigenvalue weighted by Gasteiger charge is 2.42. The van der Waals surface area contributed by atoms with Gasteiger partial charge in [0.25, 0.3) is 0 Å². The molecule has 0 bridgehead atoms. The molecule has 0 unspecified atom stereocenters. The van der Waals surface area contributed by atoms with E-state index in [4.69, 9.17) is 0 Å². The lowest BCUT2D eigenvalue weighted by Crippen LogP contribution is -2.49. The van der Waals surface area contributed by atoms with E-state index < -0.39 is 31.2 Å². The average Bonchev–Trinajstić information content (AvgIpc) is 2.79. The summed E-state index contributed by atoms with van der Waals surface area (Å²) in [4.78, 5) is 3.43. The van der Waals surface area contributed by atoms with Crippen molar-refractivity contribution in [1.29, 1.82) is 0 Å². The van der Waals surface area contributed by atoms with Gasteiger partial charge in [0.2, 0.25) is 0 Å². The summed E-state index contributed by atoms with van der Waals surface area (Å²) in [5, 5.41) is 9.87. The van der Waals surface area contributed by atoms with E-state index in [0.29, 0.717) is 16.9 Å². The van der Waals surface area contributed by atoms with Crippen LogP contribution in [0.2, 0.25) is 0 Å². The van der Waals surface area contributed by atoms with Gasteiger partial charge in [0.15, 0.2) is 6.10 Å². The standard InChI is InChI=1S/C25H22F6N2O2/c26-24(27,28)23(34)16-33-21-12-5-4-11-20(21)32(15-22(33)18-8-2-1-3-9-18)14-17-7-6-10-19(13-17)35-25(29,30)31/h1-13,22-23,34H,14-16H2/t22-,23-/m0/s1. The molecule has 1 N–H and O–H groups in total. The van der Waals surface area contributed by atoms with Crippen LogP contribution in [0.25, 0.3) is 0 Å². The van der Waals surface area contributed by atoms with Crippen LogP contribution >= 0.6 is 0 Å². The molecule has 0 fully saturated rings. The maximum Gasteiger partial charge on any atom is 0.573 e. The van der Waals surface area contributed by atoms with Crippen molar-refractivity contribution in [2.24, 2.45) is 0 Å². The number of nitrogens with zero attached hydrogens (tertiary/aromatic N) is 2. The molecule has 3 aromatic rings. The molecule has 0 aliphatic carbocycles.